The minimum absolute atomic E-state index is 0.214. The zero-order chi connectivity index (χ0) is 13.8. The van der Waals surface area contributed by atoms with E-state index in [9.17, 15) is 0 Å². The summed E-state index contributed by atoms with van der Waals surface area (Å²) in [4.78, 5) is 0. The van der Waals surface area contributed by atoms with Gasteiger partial charge in [-0.3, -0.25) is 4.68 Å². The molecule has 0 amide bonds. The summed E-state index contributed by atoms with van der Waals surface area (Å²) in [5.41, 5.74) is 9.79. The van der Waals surface area contributed by atoms with Crippen LogP contribution in [-0.2, 0) is 13.0 Å². The Kier molecular flexibility index (Phi) is 4.22. The molecule has 0 spiro atoms. The van der Waals surface area contributed by atoms with Gasteiger partial charge in [0, 0.05) is 6.54 Å². The van der Waals surface area contributed by atoms with Crippen LogP contribution in [0.25, 0.3) is 0 Å². The van der Waals surface area contributed by atoms with Crippen LogP contribution in [0.5, 0.6) is 5.75 Å². The highest BCUT2D eigenvalue weighted by molar-refractivity contribution is 5.40. The molecule has 0 bridgehead atoms. The molecule has 0 fully saturated rings. The Morgan fingerprint density at radius 2 is 2.05 bits per heavy atom. The van der Waals surface area contributed by atoms with Gasteiger partial charge in [-0.2, -0.15) is 5.10 Å². The zero-order valence-corrected chi connectivity index (χ0v) is 11.8. The first-order valence-corrected chi connectivity index (χ1v) is 6.65. The van der Waals surface area contributed by atoms with Crippen LogP contribution in [0.2, 0.25) is 0 Å². The van der Waals surface area contributed by atoms with E-state index in [2.05, 4.69) is 24.2 Å². The van der Waals surface area contributed by atoms with Crippen molar-refractivity contribution in [1.82, 2.24) is 9.78 Å². The van der Waals surface area contributed by atoms with Crippen molar-refractivity contribution in [1.29, 1.82) is 0 Å². The van der Waals surface area contributed by atoms with E-state index >= 15 is 0 Å². The Labute approximate surface area is 114 Å². The highest BCUT2D eigenvalue weighted by Crippen LogP contribution is 2.30. The van der Waals surface area contributed by atoms with Crippen molar-refractivity contribution in [3.63, 3.8) is 0 Å². The normalized spacial score (nSPS) is 12.4. The molecule has 1 unspecified atom stereocenters. The largest absolute Gasteiger partial charge is 0.493 e. The lowest BCUT2D eigenvalue weighted by atomic mass is 9.96. The van der Waals surface area contributed by atoms with E-state index in [0.717, 1.165) is 30.0 Å². The minimum Gasteiger partial charge on any atom is -0.493 e. The van der Waals surface area contributed by atoms with Crippen LogP contribution in [0.4, 0.5) is 0 Å². The molecule has 0 aliphatic carbocycles. The van der Waals surface area contributed by atoms with Gasteiger partial charge in [0.05, 0.1) is 19.3 Å². The molecule has 4 heteroatoms. The summed E-state index contributed by atoms with van der Waals surface area (Å²) in [5, 5.41) is 4.32. The van der Waals surface area contributed by atoms with Crippen molar-refractivity contribution in [3.8, 4) is 5.75 Å². The van der Waals surface area contributed by atoms with Crippen molar-refractivity contribution in [2.45, 2.75) is 32.9 Å². The summed E-state index contributed by atoms with van der Waals surface area (Å²) in [7, 11) is 1.65. The summed E-state index contributed by atoms with van der Waals surface area (Å²) in [5.74, 6) is 0.750. The van der Waals surface area contributed by atoms with Crippen LogP contribution in [0.3, 0.4) is 0 Å². The zero-order valence-electron chi connectivity index (χ0n) is 11.8. The standard InChI is InChI=1S/C15H21N3O/c1-4-11-8-6-7-9-12(11)14(16)15-13(19-3)10-17-18(15)5-2/h6-10,14H,4-5,16H2,1-3H3. The van der Waals surface area contributed by atoms with Gasteiger partial charge in [-0.1, -0.05) is 31.2 Å². The molecule has 1 heterocycles. The fraction of sp³-hybridized carbons (Fsp3) is 0.400. The maximum Gasteiger partial charge on any atom is 0.161 e. The Morgan fingerprint density at radius 1 is 1.32 bits per heavy atom. The molecule has 0 radical (unpaired) electrons. The van der Waals surface area contributed by atoms with Gasteiger partial charge >= 0.3 is 0 Å². The molecular weight excluding hydrogens is 238 g/mol. The molecule has 0 saturated heterocycles. The molecule has 1 atom stereocenters. The predicted octanol–water partition coefficient (Wildman–Crippen LogP) is 2.52. The molecule has 0 saturated carbocycles. The summed E-state index contributed by atoms with van der Waals surface area (Å²) in [6.07, 6.45) is 2.69. The van der Waals surface area contributed by atoms with Gasteiger partial charge in [-0.25, -0.2) is 0 Å². The highest BCUT2D eigenvalue weighted by Gasteiger charge is 2.21. The molecule has 19 heavy (non-hydrogen) atoms. The molecule has 2 aromatic rings. The second kappa shape index (κ2) is 5.89. The summed E-state index contributed by atoms with van der Waals surface area (Å²) < 4.78 is 7.28. The molecule has 1 aromatic carbocycles. The number of benzene rings is 1. The highest BCUT2D eigenvalue weighted by atomic mass is 16.5. The van der Waals surface area contributed by atoms with Crippen molar-refractivity contribution in [3.05, 3.63) is 47.3 Å². The van der Waals surface area contributed by atoms with Crippen molar-refractivity contribution >= 4 is 0 Å². The lowest BCUT2D eigenvalue weighted by Crippen LogP contribution is -2.19. The molecule has 4 nitrogen and oxygen atoms in total. The second-order valence-corrected chi connectivity index (χ2v) is 4.44. The van der Waals surface area contributed by atoms with Gasteiger partial charge in [0.25, 0.3) is 0 Å². The maximum atomic E-state index is 6.45. The second-order valence-electron chi connectivity index (χ2n) is 4.44. The lowest BCUT2D eigenvalue weighted by molar-refractivity contribution is 0.404. The third-order valence-electron chi connectivity index (χ3n) is 3.43. The topological polar surface area (TPSA) is 53.1 Å². The van der Waals surface area contributed by atoms with Crippen LogP contribution in [0, 0.1) is 0 Å². The number of nitrogens with zero attached hydrogens (tertiary/aromatic N) is 2. The number of nitrogens with two attached hydrogens (primary N) is 1. The Bertz CT molecular complexity index is 527. The minimum atomic E-state index is -0.214. The van der Waals surface area contributed by atoms with E-state index in [-0.39, 0.29) is 6.04 Å². The molecule has 0 aliphatic heterocycles. The van der Waals surface area contributed by atoms with Crippen molar-refractivity contribution in [2.24, 2.45) is 5.73 Å². The monoisotopic (exact) mass is 259 g/mol. The number of hydrogen-bond acceptors (Lipinski definition) is 3. The number of hydrogen-bond donors (Lipinski definition) is 1. The summed E-state index contributed by atoms with van der Waals surface area (Å²) in [6, 6.07) is 8.05. The van der Waals surface area contributed by atoms with Gasteiger partial charge in [-0.15, -0.1) is 0 Å². The summed E-state index contributed by atoms with van der Waals surface area (Å²) in [6.45, 7) is 4.97. The van der Waals surface area contributed by atoms with Gasteiger partial charge in [0.2, 0.25) is 0 Å². The quantitative estimate of drug-likeness (QED) is 0.897. The van der Waals surface area contributed by atoms with Gasteiger partial charge in [0.1, 0.15) is 5.69 Å². The van der Waals surface area contributed by atoms with Gasteiger partial charge in [-0.05, 0) is 24.5 Å². The number of methoxy groups -OCH3 is 1. The fourth-order valence-corrected chi connectivity index (χ4v) is 2.41. The number of ether oxygens (including phenoxy) is 1. The number of rotatable bonds is 5. The fourth-order valence-electron chi connectivity index (χ4n) is 2.41. The van der Waals surface area contributed by atoms with E-state index in [1.165, 1.54) is 5.56 Å². The SMILES string of the molecule is CCc1ccccc1C(N)c1c(OC)cnn1CC. The van der Waals surface area contributed by atoms with Crippen LogP contribution in [0.1, 0.15) is 36.7 Å². The van der Waals surface area contributed by atoms with Crippen LogP contribution in [0.15, 0.2) is 30.5 Å². The molecule has 1 aromatic heterocycles. The van der Waals surface area contributed by atoms with E-state index in [1.54, 1.807) is 13.3 Å². The number of aryl methyl sites for hydroxylation is 2. The van der Waals surface area contributed by atoms with Gasteiger partial charge in [0.15, 0.2) is 5.75 Å². The van der Waals surface area contributed by atoms with E-state index in [1.807, 2.05) is 23.7 Å². The summed E-state index contributed by atoms with van der Waals surface area (Å²) >= 11 is 0. The van der Waals surface area contributed by atoms with Crippen molar-refractivity contribution < 1.29 is 4.74 Å². The van der Waals surface area contributed by atoms with Crippen molar-refractivity contribution in [2.75, 3.05) is 7.11 Å². The van der Waals surface area contributed by atoms with Crippen LogP contribution >= 0.6 is 0 Å². The van der Waals surface area contributed by atoms with Crippen LogP contribution < -0.4 is 10.5 Å². The molecular formula is C15H21N3O. The molecule has 0 aliphatic rings. The molecule has 2 rings (SSSR count). The first-order chi connectivity index (χ1) is 9.22. The van der Waals surface area contributed by atoms with E-state index < -0.39 is 0 Å². The third-order valence-corrected chi connectivity index (χ3v) is 3.43. The smallest absolute Gasteiger partial charge is 0.161 e. The van der Waals surface area contributed by atoms with Gasteiger partial charge < -0.3 is 10.5 Å². The third kappa shape index (κ3) is 2.49. The maximum absolute atomic E-state index is 6.45. The Balaban J connectivity index is 2.49. The van der Waals surface area contributed by atoms with E-state index in [0.29, 0.717) is 0 Å². The first kappa shape index (κ1) is 13.6. The van der Waals surface area contributed by atoms with Crippen LogP contribution in [-0.4, -0.2) is 16.9 Å². The number of aromatic nitrogens is 2. The lowest BCUT2D eigenvalue weighted by Gasteiger charge is -2.18. The molecule has 102 valence electrons. The average Bonchev–Trinajstić information content (AvgIpc) is 2.89. The Morgan fingerprint density at radius 3 is 2.68 bits per heavy atom. The molecule has 2 N–H and O–H groups in total. The first-order valence-electron chi connectivity index (χ1n) is 6.65. The predicted molar refractivity (Wildman–Crippen MR) is 76.3 cm³/mol. The van der Waals surface area contributed by atoms with E-state index in [4.69, 9.17) is 10.5 Å². The Hall–Kier alpha value is -1.81. The average molecular weight is 259 g/mol.